The summed E-state index contributed by atoms with van der Waals surface area (Å²) in [6, 6.07) is -0.752. The molecule has 0 aliphatic rings. The highest BCUT2D eigenvalue weighted by atomic mass is 16.5. The van der Waals surface area contributed by atoms with Crippen molar-refractivity contribution in [2.24, 2.45) is 5.73 Å². The van der Waals surface area contributed by atoms with Gasteiger partial charge in [0.2, 0.25) is 5.90 Å². The SMILES string of the molecule is COC(=N)C(N)C(C)(C)O. The third kappa shape index (κ3) is 2.33. The van der Waals surface area contributed by atoms with E-state index in [0.29, 0.717) is 0 Å². The Bertz CT molecular complexity index is 128. The summed E-state index contributed by atoms with van der Waals surface area (Å²) in [6.07, 6.45) is 0. The first kappa shape index (κ1) is 9.39. The summed E-state index contributed by atoms with van der Waals surface area (Å²) in [5.74, 6) is -0.104. The lowest BCUT2D eigenvalue weighted by Gasteiger charge is -2.24. The Morgan fingerprint density at radius 2 is 2.10 bits per heavy atom. The molecule has 1 unspecified atom stereocenters. The molecule has 0 rings (SSSR count). The minimum atomic E-state index is -1.09. The van der Waals surface area contributed by atoms with Gasteiger partial charge in [0, 0.05) is 0 Å². The van der Waals surface area contributed by atoms with Crippen LogP contribution in [0, 0.1) is 5.41 Å². The molecule has 0 aromatic rings. The molecular weight excluding hydrogens is 132 g/mol. The number of aliphatic hydroxyl groups is 1. The first-order valence-electron chi connectivity index (χ1n) is 3.00. The first-order valence-corrected chi connectivity index (χ1v) is 3.00. The van der Waals surface area contributed by atoms with Crippen molar-refractivity contribution in [1.29, 1.82) is 5.41 Å². The van der Waals surface area contributed by atoms with E-state index in [1.807, 2.05) is 0 Å². The topological polar surface area (TPSA) is 79.3 Å². The number of rotatable bonds is 2. The molecule has 0 saturated carbocycles. The van der Waals surface area contributed by atoms with Gasteiger partial charge < -0.3 is 15.6 Å². The van der Waals surface area contributed by atoms with Gasteiger partial charge >= 0.3 is 0 Å². The predicted molar refractivity (Wildman–Crippen MR) is 39.0 cm³/mol. The molecule has 0 aliphatic carbocycles. The number of ether oxygens (including phenoxy) is 1. The number of nitrogens with two attached hydrogens (primary N) is 1. The van der Waals surface area contributed by atoms with Gasteiger partial charge in [-0.25, -0.2) is 0 Å². The van der Waals surface area contributed by atoms with E-state index in [9.17, 15) is 5.11 Å². The highest BCUT2D eigenvalue weighted by Crippen LogP contribution is 2.06. The highest BCUT2D eigenvalue weighted by Gasteiger charge is 2.27. The summed E-state index contributed by atoms with van der Waals surface area (Å²) in [4.78, 5) is 0. The van der Waals surface area contributed by atoms with Crippen LogP contribution < -0.4 is 5.73 Å². The summed E-state index contributed by atoms with van der Waals surface area (Å²) in [5.41, 5.74) is 4.32. The van der Waals surface area contributed by atoms with E-state index in [1.54, 1.807) is 0 Å². The molecule has 4 heteroatoms. The second-order valence-electron chi connectivity index (χ2n) is 2.70. The van der Waals surface area contributed by atoms with Gasteiger partial charge in [0.25, 0.3) is 0 Å². The van der Waals surface area contributed by atoms with E-state index in [4.69, 9.17) is 11.1 Å². The molecule has 0 amide bonds. The lowest BCUT2D eigenvalue weighted by atomic mass is 10.0. The van der Waals surface area contributed by atoms with E-state index in [0.717, 1.165) is 0 Å². The number of methoxy groups -OCH3 is 1. The van der Waals surface area contributed by atoms with E-state index in [2.05, 4.69) is 4.74 Å². The Kier molecular flexibility index (Phi) is 2.80. The summed E-state index contributed by atoms with van der Waals surface area (Å²) in [7, 11) is 1.36. The molecule has 60 valence electrons. The van der Waals surface area contributed by atoms with Crippen LogP contribution in [0.3, 0.4) is 0 Å². The fraction of sp³-hybridized carbons (Fsp3) is 0.833. The molecule has 0 radical (unpaired) electrons. The van der Waals surface area contributed by atoms with Crippen LogP contribution in [0.4, 0.5) is 0 Å². The maximum atomic E-state index is 9.24. The second kappa shape index (κ2) is 2.98. The van der Waals surface area contributed by atoms with Gasteiger partial charge in [-0.15, -0.1) is 0 Å². The summed E-state index contributed by atoms with van der Waals surface area (Å²) >= 11 is 0. The van der Waals surface area contributed by atoms with Gasteiger partial charge in [0.15, 0.2) is 0 Å². The van der Waals surface area contributed by atoms with Crippen molar-refractivity contribution in [2.45, 2.75) is 25.5 Å². The normalized spacial score (nSPS) is 14.5. The molecule has 0 heterocycles. The molecule has 0 fully saturated rings. The van der Waals surface area contributed by atoms with Crippen molar-refractivity contribution < 1.29 is 9.84 Å². The predicted octanol–water partition coefficient (Wildman–Crippen LogP) is -0.292. The highest BCUT2D eigenvalue weighted by molar-refractivity contribution is 5.79. The summed E-state index contributed by atoms with van der Waals surface area (Å²) in [5, 5.41) is 16.3. The van der Waals surface area contributed by atoms with Crippen LogP contribution in [-0.2, 0) is 4.74 Å². The van der Waals surface area contributed by atoms with Crippen molar-refractivity contribution >= 4 is 5.90 Å². The fourth-order valence-corrected chi connectivity index (χ4v) is 0.448. The molecule has 0 aromatic heterocycles. The van der Waals surface area contributed by atoms with Crippen LogP contribution in [0.2, 0.25) is 0 Å². The van der Waals surface area contributed by atoms with Gasteiger partial charge in [-0.05, 0) is 13.8 Å². The van der Waals surface area contributed by atoms with Crippen molar-refractivity contribution in [1.82, 2.24) is 0 Å². The van der Waals surface area contributed by atoms with Crippen LogP contribution >= 0.6 is 0 Å². The van der Waals surface area contributed by atoms with E-state index < -0.39 is 11.6 Å². The van der Waals surface area contributed by atoms with Crippen molar-refractivity contribution in [2.75, 3.05) is 7.11 Å². The van der Waals surface area contributed by atoms with Crippen LogP contribution in [0.1, 0.15) is 13.8 Å². The molecule has 10 heavy (non-hydrogen) atoms. The van der Waals surface area contributed by atoms with Crippen LogP contribution in [0.25, 0.3) is 0 Å². The number of nitrogens with one attached hydrogen (secondary N) is 1. The Labute approximate surface area is 60.5 Å². The number of hydrogen-bond acceptors (Lipinski definition) is 4. The standard InChI is InChI=1S/C6H14N2O2/c1-6(2,9)4(7)5(8)10-3/h4,8-9H,7H2,1-3H3. The molecule has 0 spiro atoms. The Morgan fingerprint density at radius 1 is 1.70 bits per heavy atom. The van der Waals surface area contributed by atoms with Gasteiger partial charge in [0.05, 0.1) is 12.7 Å². The van der Waals surface area contributed by atoms with Crippen LogP contribution in [0.15, 0.2) is 0 Å². The van der Waals surface area contributed by atoms with Crippen LogP contribution in [-0.4, -0.2) is 29.8 Å². The third-order valence-electron chi connectivity index (χ3n) is 1.26. The lowest BCUT2D eigenvalue weighted by molar-refractivity contribution is 0.0658. The molecular formula is C6H14N2O2. The monoisotopic (exact) mass is 146 g/mol. The van der Waals surface area contributed by atoms with Crippen molar-refractivity contribution in [3.63, 3.8) is 0 Å². The van der Waals surface area contributed by atoms with Crippen LogP contribution in [0.5, 0.6) is 0 Å². The van der Waals surface area contributed by atoms with E-state index in [-0.39, 0.29) is 5.90 Å². The third-order valence-corrected chi connectivity index (χ3v) is 1.26. The number of hydrogen-bond donors (Lipinski definition) is 3. The van der Waals surface area contributed by atoms with Crippen molar-refractivity contribution in [3.8, 4) is 0 Å². The van der Waals surface area contributed by atoms with Gasteiger partial charge in [-0.2, -0.15) is 0 Å². The fourth-order valence-electron chi connectivity index (χ4n) is 0.448. The Hall–Kier alpha value is -0.610. The lowest BCUT2D eigenvalue weighted by Crippen LogP contribution is -2.49. The molecule has 4 nitrogen and oxygen atoms in total. The Morgan fingerprint density at radius 3 is 2.20 bits per heavy atom. The largest absolute Gasteiger partial charge is 0.483 e. The zero-order chi connectivity index (χ0) is 8.36. The van der Waals surface area contributed by atoms with E-state index >= 15 is 0 Å². The molecule has 0 bridgehead atoms. The van der Waals surface area contributed by atoms with Crippen molar-refractivity contribution in [3.05, 3.63) is 0 Å². The van der Waals surface area contributed by atoms with Gasteiger partial charge in [-0.1, -0.05) is 0 Å². The second-order valence-corrected chi connectivity index (χ2v) is 2.70. The smallest absolute Gasteiger partial charge is 0.200 e. The maximum absolute atomic E-state index is 9.24. The first-order chi connectivity index (χ1) is 4.39. The molecule has 0 aliphatic heterocycles. The maximum Gasteiger partial charge on any atom is 0.200 e. The Balaban J connectivity index is 4.08. The average Bonchev–Trinajstić information content (AvgIpc) is 1.83. The van der Waals surface area contributed by atoms with Gasteiger partial charge in [-0.3, -0.25) is 5.41 Å². The minimum Gasteiger partial charge on any atom is -0.483 e. The molecule has 0 saturated heterocycles. The quantitative estimate of drug-likeness (QED) is 0.370. The summed E-state index contributed by atoms with van der Waals surface area (Å²) < 4.78 is 4.54. The molecule has 4 N–H and O–H groups in total. The van der Waals surface area contributed by atoms with E-state index in [1.165, 1.54) is 21.0 Å². The molecule has 1 atom stereocenters. The average molecular weight is 146 g/mol. The summed E-state index contributed by atoms with van der Waals surface area (Å²) in [6.45, 7) is 3.07. The zero-order valence-electron chi connectivity index (χ0n) is 6.51. The zero-order valence-corrected chi connectivity index (χ0v) is 6.51. The minimum absolute atomic E-state index is 0.104. The van der Waals surface area contributed by atoms with Gasteiger partial charge in [0.1, 0.15) is 6.04 Å². The molecule has 0 aromatic carbocycles.